The lowest BCUT2D eigenvalue weighted by molar-refractivity contribution is -0.130. The fourth-order valence-electron chi connectivity index (χ4n) is 2.93. The molecule has 0 atom stereocenters. The number of hydrogen-bond donors (Lipinski definition) is 1. The van der Waals surface area contributed by atoms with Gasteiger partial charge in [-0.15, -0.1) is 0 Å². The quantitative estimate of drug-likeness (QED) is 0.861. The summed E-state index contributed by atoms with van der Waals surface area (Å²) in [5.74, 6) is 1.51. The van der Waals surface area contributed by atoms with Gasteiger partial charge in [0.05, 0.1) is 14.2 Å². The summed E-state index contributed by atoms with van der Waals surface area (Å²) >= 11 is 0. The van der Waals surface area contributed by atoms with E-state index in [0.717, 1.165) is 31.5 Å². The summed E-state index contributed by atoms with van der Waals surface area (Å²) in [7, 11) is 3.20. The number of methoxy groups -OCH3 is 2. The number of ether oxygens (including phenoxy) is 2. The summed E-state index contributed by atoms with van der Waals surface area (Å²) in [6.45, 7) is 3.02. The maximum absolute atomic E-state index is 12.1. The van der Waals surface area contributed by atoms with E-state index in [1.54, 1.807) is 21.1 Å². The molecule has 24 heavy (non-hydrogen) atoms. The summed E-state index contributed by atoms with van der Waals surface area (Å²) in [6.07, 6.45) is 2.73. The summed E-state index contributed by atoms with van der Waals surface area (Å²) in [6, 6.07) is 5.86. The van der Waals surface area contributed by atoms with E-state index >= 15 is 0 Å². The molecular weight excluding hydrogens is 308 g/mol. The van der Waals surface area contributed by atoms with Crippen LogP contribution in [0.2, 0.25) is 0 Å². The molecule has 132 valence electrons. The lowest BCUT2D eigenvalue weighted by Gasteiger charge is -2.31. The van der Waals surface area contributed by atoms with E-state index in [2.05, 4.69) is 5.32 Å². The van der Waals surface area contributed by atoms with Crippen LogP contribution in [-0.4, -0.2) is 50.1 Å². The Balaban J connectivity index is 1.78. The zero-order valence-corrected chi connectivity index (χ0v) is 14.6. The molecule has 1 heterocycles. The molecule has 1 aliphatic rings. The Hall–Kier alpha value is -2.24. The van der Waals surface area contributed by atoms with E-state index in [1.807, 2.05) is 23.1 Å². The molecule has 1 aromatic rings. The van der Waals surface area contributed by atoms with Gasteiger partial charge in [-0.25, -0.2) is 0 Å². The molecule has 1 aromatic carbocycles. The highest BCUT2D eigenvalue weighted by Crippen LogP contribution is 2.27. The number of amides is 2. The van der Waals surface area contributed by atoms with Gasteiger partial charge in [0.25, 0.3) is 0 Å². The van der Waals surface area contributed by atoms with Crippen LogP contribution in [0, 0.1) is 0 Å². The molecule has 1 fully saturated rings. The first kappa shape index (κ1) is 18.1. The molecule has 0 aliphatic carbocycles. The Labute approximate surface area is 143 Å². The van der Waals surface area contributed by atoms with Crippen LogP contribution in [0.4, 0.5) is 0 Å². The van der Waals surface area contributed by atoms with Crippen molar-refractivity contribution in [2.24, 2.45) is 0 Å². The molecule has 2 amide bonds. The number of likely N-dealkylation sites (tertiary alicyclic amines) is 1. The Morgan fingerprint density at radius 3 is 2.42 bits per heavy atom. The highest BCUT2D eigenvalue weighted by molar-refractivity contribution is 5.76. The summed E-state index contributed by atoms with van der Waals surface area (Å²) < 4.78 is 10.5. The smallest absolute Gasteiger partial charge is 0.220 e. The van der Waals surface area contributed by atoms with Gasteiger partial charge in [-0.2, -0.15) is 0 Å². The van der Waals surface area contributed by atoms with Gasteiger partial charge in [0, 0.05) is 32.5 Å². The second kappa shape index (κ2) is 8.57. The molecule has 0 spiro atoms. The summed E-state index contributed by atoms with van der Waals surface area (Å²) in [5.41, 5.74) is 1.04. The summed E-state index contributed by atoms with van der Waals surface area (Å²) in [5, 5.41) is 3.07. The number of aryl methyl sites for hydroxylation is 1. The average Bonchev–Trinajstić information content (AvgIpc) is 2.60. The van der Waals surface area contributed by atoms with Gasteiger partial charge < -0.3 is 19.7 Å². The SMILES string of the molecule is COc1ccc(CCC(=O)NC2CCN(C(C)=O)CC2)cc1OC. The van der Waals surface area contributed by atoms with E-state index in [4.69, 9.17) is 9.47 Å². The standard InChI is InChI=1S/C18H26N2O4/c1-13(21)20-10-8-15(9-11-20)19-18(22)7-5-14-4-6-16(23-2)17(12-14)24-3/h4,6,12,15H,5,7-11H2,1-3H3,(H,19,22). The number of carbonyl (C=O) groups excluding carboxylic acids is 2. The molecule has 1 aliphatic heterocycles. The largest absolute Gasteiger partial charge is 0.493 e. The Morgan fingerprint density at radius 2 is 1.83 bits per heavy atom. The molecule has 0 unspecified atom stereocenters. The van der Waals surface area contributed by atoms with Crippen molar-refractivity contribution in [3.63, 3.8) is 0 Å². The van der Waals surface area contributed by atoms with Crippen LogP contribution < -0.4 is 14.8 Å². The van der Waals surface area contributed by atoms with Gasteiger partial charge >= 0.3 is 0 Å². The Kier molecular flexibility index (Phi) is 6.46. The molecule has 0 saturated carbocycles. The lowest BCUT2D eigenvalue weighted by Crippen LogP contribution is -2.46. The summed E-state index contributed by atoms with van der Waals surface area (Å²) in [4.78, 5) is 25.3. The molecule has 0 bridgehead atoms. The first-order valence-electron chi connectivity index (χ1n) is 8.29. The Bertz CT molecular complexity index is 580. The van der Waals surface area contributed by atoms with Crippen molar-refractivity contribution >= 4 is 11.8 Å². The van der Waals surface area contributed by atoms with E-state index in [1.165, 1.54) is 0 Å². The van der Waals surface area contributed by atoms with E-state index in [0.29, 0.717) is 24.3 Å². The maximum atomic E-state index is 12.1. The van der Waals surface area contributed by atoms with Gasteiger partial charge in [0.1, 0.15) is 0 Å². The minimum atomic E-state index is 0.0473. The van der Waals surface area contributed by atoms with Gasteiger partial charge in [-0.1, -0.05) is 6.07 Å². The monoisotopic (exact) mass is 334 g/mol. The third-order valence-corrected chi connectivity index (χ3v) is 4.39. The van der Waals surface area contributed by atoms with E-state index in [9.17, 15) is 9.59 Å². The number of carbonyl (C=O) groups is 2. The van der Waals surface area contributed by atoms with Crippen molar-refractivity contribution in [2.45, 2.75) is 38.6 Å². The van der Waals surface area contributed by atoms with Crippen LogP contribution in [0.15, 0.2) is 18.2 Å². The lowest BCUT2D eigenvalue weighted by atomic mass is 10.0. The average molecular weight is 334 g/mol. The zero-order valence-electron chi connectivity index (χ0n) is 14.6. The second-order valence-corrected chi connectivity index (χ2v) is 6.04. The van der Waals surface area contributed by atoms with Crippen molar-refractivity contribution in [2.75, 3.05) is 27.3 Å². The molecule has 1 saturated heterocycles. The van der Waals surface area contributed by atoms with Crippen LogP contribution in [0.1, 0.15) is 31.7 Å². The first-order chi connectivity index (χ1) is 11.5. The minimum absolute atomic E-state index is 0.0473. The fourth-order valence-corrected chi connectivity index (χ4v) is 2.93. The maximum Gasteiger partial charge on any atom is 0.220 e. The van der Waals surface area contributed by atoms with Gasteiger partial charge in [-0.05, 0) is 37.0 Å². The van der Waals surface area contributed by atoms with Crippen LogP contribution in [0.3, 0.4) is 0 Å². The van der Waals surface area contributed by atoms with E-state index in [-0.39, 0.29) is 17.9 Å². The van der Waals surface area contributed by atoms with Crippen molar-refractivity contribution in [3.05, 3.63) is 23.8 Å². The predicted molar refractivity (Wildman–Crippen MR) is 91.3 cm³/mol. The fraction of sp³-hybridized carbons (Fsp3) is 0.556. The minimum Gasteiger partial charge on any atom is -0.493 e. The number of piperidine rings is 1. The zero-order chi connectivity index (χ0) is 17.5. The van der Waals surface area contributed by atoms with Crippen molar-refractivity contribution in [1.82, 2.24) is 10.2 Å². The number of nitrogens with zero attached hydrogens (tertiary/aromatic N) is 1. The van der Waals surface area contributed by atoms with Crippen LogP contribution in [0.5, 0.6) is 11.5 Å². The number of benzene rings is 1. The molecule has 0 aromatic heterocycles. The number of hydrogen-bond acceptors (Lipinski definition) is 4. The highest BCUT2D eigenvalue weighted by Gasteiger charge is 2.21. The van der Waals surface area contributed by atoms with Crippen molar-refractivity contribution in [1.29, 1.82) is 0 Å². The number of nitrogens with one attached hydrogen (secondary N) is 1. The van der Waals surface area contributed by atoms with Gasteiger partial charge in [0.2, 0.25) is 11.8 Å². The van der Waals surface area contributed by atoms with Crippen LogP contribution in [-0.2, 0) is 16.0 Å². The normalized spacial score (nSPS) is 15.0. The van der Waals surface area contributed by atoms with Crippen LogP contribution in [0.25, 0.3) is 0 Å². The van der Waals surface area contributed by atoms with Crippen molar-refractivity contribution < 1.29 is 19.1 Å². The van der Waals surface area contributed by atoms with E-state index < -0.39 is 0 Å². The third kappa shape index (κ3) is 4.88. The van der Waals surface area contributed by atoms with Crippen LogP contribution >= 0.6 is 0 Å². The third-order valence-electron chi connectivity index (χ3n) is 4.39. The molecule has 6 heteroatoms. The predicted octanol–water partition coefficient (Wildman–Crippen LogP) is 1.76. The molecule has 1 N–H and O–H groups in total. The highest BCUT2D eigenvalue weighted by atomic mass is 16.5. The second-order valence-electron chi connectivity index (χ2n) is 6.04. The molecule has 2 rings (SSSR count). The first-order valence-corrected chi connectivity index (χ1v) is 8.29. The van der Waals surface area contributed by atoms with Crippen molar-refractivity contribution in [3.8, 4) is 11.5 Å². The Morgan fingerprint density at radius 1 is 1.17 bits per heavy atom. The topological polar surface area (TPSA) is 67.9 Å². The number of rotatable bonds is 6. The van der Waals surface area contributed by atoms with Gasteiger partial charge in [0.15, 0.2) is 11.5 Å². The molecular formula is C18H26N2O4. The molecule has 0 radical (unpaired) electrons. The van der Waals surface area contributed by atoms with Gasteiger partial charge in [-0.3, -0.25) is 9.59 Å². The molecule has 6 nitrogen and oxygen atoms in total.